The predicted octanol–water partition coefficient (Wildman–Crippen LogP) is 1.67. The van der Waals surface area contributed by atoms with Gasteiger partial charge in [-0.25, -0.2) is 0 Å². The van der Waals surface area contributed by atoms with Crippen molar-refractivity contribution in [1.82, 2.24) is 0 Å². The van der Waals surface area contributed by atoms with Gasteiger partial charge in [0.25, 0.3) is 0 Å². The van der Waals surface area contributed by atoms with Crippen LogP contribution >= 0.6 is 0 Å². The fraction of sp³-hybridized carbons (Fsp3) is 0.364. The third-order valence-corrected chi connectivity index (χ3v) is 1.64. The lowest BCUT2D eigenvalue weighted by Gasteiger charge is -1.98. The lowest BCUT2D eigenvalue weighted by atomic mass is 10.2. The summed E-state index contributed by atoms with van der Waals surface area (Å²) < 4.78 is 4.93. The molecule has 1 aromatic rings. The number of carbonyl (C=O) groups is 1. The van der Waals surface area contributed by atoms with Gasteiger partial charge in [0.15, 0.2) is 0 Å². The molecule has 0 unspecified atom stereocenters. The van der Waals surface area contributed by atoms with Crippen LogP contribution < -0.4 is 4.74 Å². The van der Waals surface area contributed by atoms with Gasteiger partial charge in [-0.1, -0.05) is 19.1 Å². The standard InChI is InChI=1S/C8H10O2.C3H6O2/c1-10-8-4-2-7(6-9)3-5-8;1-2-3(4)5/h2-5,9H,6H2,1H3;2H2,1H3,(H,4,5). The first-order valence-electron chi connectivity index (χ1n) is 4.59. The van der Waals surface area contributed by atoms with Gasteiger partial charge in [0.1, 0.15) is 5.75 Å². The fourth-order valence-electron chi connectivity index (χ4n) is 0.731. The van der Waals surface area contributed by atoms with Gasteiger partial charge in [-0.3, -0.25) is 4.79 Å². The van der Waals surface area contributed by atoms with Crippen molar-refractivity contribution in [3.05, 3.63) is 29.8 Å². The van der Waals surface area contributed by atoms with Gasteiger partial charge in [0.2, 0.25) is 0 Å². The summed E-state index contributed by atoms with van der Waals surface area (Å²) in [7, 11) is 1.62. The minimum absolute atomic E-state index is 0.0873. The average molecular weight is 212 g/mol. The molecule has 0 aliphatic carbocycles. The van der Waals surface area contributed by atoms with Gasteiger partial charge in [-0.2, -0.15) is 0 Å². The molecule has 0 heterocycles. The van der Waals surface area contributed by atoms with E-state index in [0.29, 0.717) is 0 Å². The fourth-order valence-corrected chi connectivity index (χ4v) is 0.731. The molecular formula is C11H16O4. The van der Waals surface area contributed by atoms with Crippen LogP contribution in [-0.2, 0) is 11.4 Å². The number of aliphatic carboxylic acids is 1. The quantitative estimate of drug-likeness (QED) is 0.799. The number of aliphatic hydroxyl groups is 1. The monoisotopic (exact) mass is 212 g/mol. The number of hydrogen-bond donors (Lipinski definition) is 2. The minimum Gasteiger partial charge on any atom is -0.497 e. The average Bonchev–Trinajstić information content (AvgIpc) is 2.30. The molecule has 0 saturated carbocycles. The Bertz CT molecular complexity index is 256. The summed E-state index contributed by atoms with van der Waals surface area (Å²) >= 11 is 0. The van der Waals surface area contributed by atoms with Crippen molar-refractivity contribution < 1.29 is 19.7 Å². The molecule has 1 rings (SSSR count). The highest BCUT2D eigenvalue weighted by Crippen LogP contribution is 2.10. The van der Waals surface area contributed by atoms with Crippen molar-refractivity contribution >= 4 is 5.97 Å². The van der Waals surface area contributed by atoms with Crippen LogP contribution in [0.5, 0.6) is 5.75 Å². The molecule has 0 bridgehead atoms. The summed E-state index contributed by atoms with van der Waals surface area (Å²) in [4.78, 5) is 9.37. The number of carboxylic acid groups (broad SMARTS) is 1. The predicted molar refractivity (Wildman–Crippen MR) is 56.8 cm³/mol. The molecule has 2 N–H and O–H groups in total. The molecular weight excluding hydrogens is 196 g/mol. The van der Waals surface area contributed by atoms with Crippen LogP contribution in [0.25, 0.3) is 0 Å². The van der Waals surface area contributed by atoms with E-state index in [1.54, 1.807) is 14.0 Å². The molecule has 0 amide bonds. The highest BCUT2D eigenvalue weighted by molar-refractivity contribution is 5.66. The zero-order chi connectivity index (χ0) is 11.7. The molecule has 0 saturated heterocycles. The second-order valence-electron chi connectivity index (χ2n) is 2.75. The van der Waals surface area contributed by atoms with Crippen LogP contribution in [0.15, 0.2) is 24.3 Å². The van der Waals surface area contributed by atoms with E-state index < -0.39 is 5.97 Å². The van der Waals surface area contributed by atoms with Crippen molar-refractivity contribution in [2.24, 2.45) is 0 Å². The summed E-state index contributed by atoms with van der Waals surface area (Å²) in [5.74, 6) is 0.0715. The van der Waals surface area contributed by atoms with Crippen LogP contribution in [0, 0.1) is 0 Å². The lowest BCUT2D eigenvalue weighted by molar-refractivity contribution is -0.136. The SMILES string of the molecule is CCC(=O)O.COc1ccc(CO)cc1. The smallest absolute Gasteiger partial charge is 0.303 e. The maximum atomic E-state index is 9.37. The van der Waals surface area contributed by atoms with Crippen LogP contribution in [0.2, 0.25) is 0 Å². The van der Waals surface area contributed by atoms with Crippen LogP contribution in [0.4, 0.5) is 0 Å². The van der Waals surface area contributed by atoms with Crippen LogP contribution in [0.3, 0.4) is 0 Å². The van der Waals surface area contributed by atoms with E-state index >= 15 is 0 Å². The molecule has 0 fully saturated rings. The number of hydrogen-bond acceptors (Lipinski definition) is 3. The van der Waals surface area contributed by atoms with E-state index in [1.165, 1.54) is 0 Å². The number of benzene rings is 1. The van der Waals surface area contributed by atoms with Crippen molar-refractivity contribution in [1.29, 1.82) is 0 Å². The number of ether oxygens (including phenoxy) is 1. The molecule has 0 atom stereocenters. The maximum Gasteiger partial charge on any atom is 0.303 e. The normalized spacial score (nSPS) is 8.73. The highest BCUT2D eigenvalue weighted by Gasteiger charge is 1.89. The molecule has 4 heteroatoms. The highest BCUT2D eigenvalue weighted by atomic mass is 16.5. The van der Waals surface area contributed by atoms with E-state index in [9.17, 15) is 4.79 Å². The van der Waals surface area contributed by atoms with E-state index in [1.807, 2.05) is 24.3 Å². The first-order chi connectivity index (χ1) is 7.13. The zero-order valence-electron chi connectivity index (χ0n) is 8.93. The zero-order valence-corrected chi connectivity index (χ0v) is 8.93. The number of aliphatic hydroxyl groups excluding tert-OH is 1. The third-order valence-electron chi connectivity index (χ3n) is 1.64. The molecule has 15 heavy (non-hydrogen) atoms. The molecule has 0 radical (unpaired) electrons. The lowest BCUT2D eigenvalue weighted by Crippen LogP contribution is -1.86. The van der Waals surface area contributed by atoms with Gasteiger partial charge >= 0.3 is 5.97 Å². The number of rotatable bonds is 3. The van der Waals surface area contributed by atoms with Crippen LogP contribution in [-0.4, -0.2) is 23.3 Å². The molecule has 0 spiro atoms. The van der Waals surface area contributed by atoms with Gasteiger partial charge in [-0.15, -0.1) is 0 Å². The minimum atomic E-state index is -0.745. The van der Waals surface area contributed by atoms with E-state index in [4.69, 9.17) is 14.9 Å². The molecule has 84 valence electrons. The van der Waals surface area contributed by atoms with Crippen molar-refractivity contribution in [3.63, 3.8) is 0 Å². The topological polar surface area (TPSA) is 66.8 Å². The molecule has 0 aliphatic heterocycles. The van der Waals surface area contributed by atoms with E-state index in [-0.39, 0.29) is 13.0 Å². The van der Waals surface area contributed by atoms with E-state index in [0.717, 1.165) is 11.3 Å². The Hall–Kier alpha value is -1.55. The van der Waals surface area contributed by atoms with Crippen LogP contribution in [0.1, 0.15) is 18.9 Å². The van der Waals surface area contributed by atoms with Gasteiger partial charge in [0, 0.05) is 6.42 Å². The number of carboxylic acids is 1. The third kappa shape index (κ3) is 6.51. The first-order valence-corrected chi connectivity index (χ1v) is 4.59. The van der Waals surface area contributed by atoms with Crippen molar-refractivity contribution in [3.8, 4) is 5.75 Å². The molecule has 4 nitrogen and oxygen atoms in total. The second kappa shape index (κ2) is 7.82. The maximum absolute atomic E-state index is 9.37. The van der Waals surface area contributed by atoms with Gasteiger partial charge < -0.3 is 14.9 Å². The second-order valence-corrected chi connectivity index (χ2v) is 2.75. The Labute approximate surface area is 89.1 Å². The Balaban J connectivity index is 0.000000336. The molecule has 1 aromatic carbocycles. The van der Waals surface area contributed by atoms with Gasteiger partial charge in [0.05, 0.1) is 13.7 Å². The largest absolute Gasteiger partial charge is 0.497 e. The van der Waals surface area contributed by atoms with Gasteiger partial charge in [-0.05, 0) is 17.7 Å². The summed E-state index contributed by atoms with van der Waals surface area (Å²) in [6, 6.07) is 7.31. The number of methoxy groups -OCH3 is 1. The summed E-state index contributed by atoms with van der Waals surface area (Å²) in [6.07, 6.45) is 0.222. The summed E-state index contributed by atoms with van der Waals surface area (Å²) in [5.41, 5.74) is 0.904. The Kier molecular flexibility index (Phi) is 7.01. The summed E-state index contributed by atoms with van der Waals surface area (Å²) in [6.45, 7) is 1.69. The Morgan fingerprint density at radius 3 is 2.07 bits per heavy atom. The van der Waals surface area contributed by atoms with Crippen molar-refractivity contribution in [2.45, 2.75) is 20.0 Å². The first kappa shape index (κ1) is 13.4. The summed E-state index contributed by atoms with van der Waals surface area (Å²) in [5, 5.41) is 16.4. The molecule has 0 aliphatic rings. The van der Waals surface area contributed by atoms with Crippen molar-refractivity contribution in [2.75, 3.05) is 7.11 Å². The Morgan fingerprint density at radius 1 is 1.33 bits per heavy atom. The molecule has 0 aromatic heterocycles. The van der Waals surface area contributed by atoms with E-state index in [2.05, 4.69) is 0 Å². The Morgan fingerprint density at radius 2 is 1.80 bits per heavy atom.